The van der Waals surface area contributed by atoms with Gasteiger partial charge in [-0.3, -0.25) is 0 Å². The van der Waals surface area contributed by atoms with Gasteiger partial charge in [-0.15, -0.1) is 0 Å². The number of nitrogens with zero attached hydrogens (tertiary/aromatic N) is 2. The van der Waals surface area contributed by atoms with Gasteiger partial charge in [0.25, 0.3) is 0 Å². The van der Waals surface area contributed by atoms with E-state index in [0.29, 0.717) is 23.7 Å². The Morgan fingerprint density at radius 2 is 0.779 bits per heavy atom. The summed E-state index contributed by atoms with van der Waals surface area (Å²) in [6.45, 7) is 38.0. The third-order valence-corrected chi connectivity index (χ3v) is 16.1. The fourth-order valence-electron chi connectivity index (χ4n) is 12.8. The maximum Gasteiger partial charge on any atom is 0.247 e. The molecule has 0 aliphatic carbocycles. The SMILES string of the molecule is Cc1ccc2c(c1)c1cc(C(C)(C)C)cc3c1n2-c1cc2c(cc1B3c1c(C(C)C)cccc1C(C)C)-n1c3ccc(C(C)(C)C)cc3c3cc(C)cc(c31)B2c1c(C(C)C)cccc1C(C)C. The summed E-state index contributed by atoms with van der Waals surface area (Å²) in [5, 5.41) is 5.42. The molecule has 2 aliphatic heterocycles. The summed E-state index contributed by atoms with van der Waals surface area (Å²) in [6.07, 6.45) is 0. The molecule has 4 heterocycles. The molecule has 0 saturated heterocycles. The number of rotatable bonds is 6. The van der Waals surface area contributed by atoms with Gasteiger partial charge in [0.15, 0.2) is 0 Å². The summed E-state index contributed by atoms with van der Waals surface area (Å²) >= 11 is 0. The van der Waals surface area contributed by atoms with E-state index in [-0.39, 0.29) is 24.3 Å². The zero-order valence-electron chi connectivity index (χ0n) is 43.8. The standard InChI is InChI=1S/C64H70B2N2/c1-35(2)43-19-17-20-44(36(3)4)59(43)65-51-33-58-52(34-57(51)68-56-26-24-41(63(11,12)13)30-48(56)49-28-40(10)29-53(65)61(49)68)66(60-45(37(5)6)21-18-22-46(60)38(7)8)54-32-42(64(14,15)16)31-50-47-27-39(9)23-25-55(47)67(58)62(50)54/h17-38H,1-16H3. The highest BCUT2D eigenvalue weighted by molar-refractivity contribution is 7.00. The van der Waals surface area contributed by atoms with Crippen LogP contribution in [0.1, 0.15) is 165 Å². The molecule has 0 fully saturated rings. The van der Waals surface area contributed by atoms with Crippen LogP contribution in [-0.4, -0.2) is 22.6 Å². The van der Waals surface area contributed by atoms with Crippen molar-refractivity contribution in [1.29, 1.82) is 0 Å². The predicted octanol–water partition coefficient (Wildman–Crippen LogP) is 13.2. The van der Waals surface area contributed by atoms with Crippen molar-refractivity contribution < 1.29 is 0 Å². The van der Waals surface area contributed by atoms with Crippen molar-refractivity contribution in [3.8, 4) is 11.4 Å². The molecule has 2 nitrogen and oxygen atoms in total. The van der Waals surface area contributed by atoms with Gasteiger partial charge in [0, 0.05) is 44.0 Å². The van der Waals surface area contributed by atoms with Crippen molar-refractivity contribution in [3.63, 3.8) is 0 Å². The van der Waals surface area contributed by atoms with E-state index < -0.39 is 0 Å². The molecule has 68 heavy (non-hydrogen) atoms. The topological polar surface area (TPSA) is 9.86 Å². The normalized spacial score (nSPS) is 13.8. The van der Waals surface area contributed by atoms with E-state index in [1.54, 1.807) is 0 Å². The Bertz CT molecular complexity index is 3520. The van der Waals surface area contributed by atoms with Gasteiger partial charge in [0.2, 0.25) is 13.4 Å². The zero-order chi connectivity index (χ0) is 48.2. The van der Waals surface area contributed by atoms with E-state index in [0.717, 1.165) is 0 Å². The van der Waals surface area contributed by atoms with Crippen molar-refractivity contribution in [1.82, 2.24) is 9.13 Å². The van der Waals surface area contributed by atoms with Gasteiger partial charge in [-0.25, -0.2) is 0 Å². The molecule has 0 amide bonds. The Labute approximate surface area is 407 Å². The zero-order valence-corrected chi connectivity index (χ0v) is 43.8. The first kappa shape index (κ1) is 44.8. The van der Waals surface area contributed by atoms with Crippen LogP contribution < -0.4 is 32.8 Å². The van der Waals surface area contributed by atoms with Crippen molar-refractivity contribution in [3.05, 3.63) is 154 Å². The van der Waals surface area contributed by atoms with Crippen molar-refractivity contribution in [2.75, 3.05) is 0 Å². The lowest BCUT2D eigenvalue weighted by atomic mass is 9.31. The maximum absolute atomic E-state index is 2.70. The summed E-state index contributed by atoms with van der Waals surface area (Å²) in [6, 6.07) is 44.5. The number of fused-ring (bicyclic) bond motifs is 10. The van der Waals surface area contributed by atoms with Gasteiger partial charge in [0.05, 0.1) is 11.0 Å². The van der Waals surface area contributed by atoms with Crippen LogP contribution >= 0.6 is 0 Å². The molecule has 2 aliphatic rings. The first-order valence-corrected chi connectivity index (χ1v) is 25.8. The summed E-state index contributed by atoms with van der Waals surface area (Å²) in [5.41, 5.74) is 27.7. The minimum absolute atomic E-state index is 0.0190. The number of benzene rings is 7. The third kappa shape index (κ3) is 6.52. The first-order chi connectivity index (χ1) is 32.1. The maximum atomic E-state index is 2.70. The molecule has 0 radical (unpaired) electrons. The van der Waals surface area contributed by atoms with Crippen LogP contribution in [0.25, 0.3) is 55.0 Å². The molecule has 0 saturated carbocycles. The largest absolute Gasteiger partial charge is 0.310 e. The van der Waals surface area contributed by atoms with Gasteiger partial charge in [-0.2, -0.15) is 0 Å². The highest BCUT2D eigenvalue weighted by atomic mass is 15.0. The first-order valence-electron chi connectivity index (χ1n) is 25.8. The molecular formula is C64H70B2N2. The van der Waals surface area contributed by atoms with E-state index in [9.17, 15) is 0 Å². The Hall–Kier alpha value is -5.73. The lowest BCUT2D eigenvalue weighted by Crippen LogP contribution is -2.61. The Morgan fingerprint density at radius 3 is 1.24 bits per heavy atom. The lowest BCUT2D eigenvalue weighted by Gasteiger charge is -2.36. The van der Waals surface area contributed by atoms with Gasteiger partial charge in [-0.05, 0) is 152 Å². The van der Waals surface area contributed by atoms with E-state index in [2.05, 4.69) is 229 Å². The molecule has 0 atom stereocenters. The molecule has 342 valence electrons. The summed E-state index contributed by atoms with van der Waals surface area (Å²) in [7, 11) is 0. The smallest absolute Gasteiger partial charge is 0.247 e. The van der Waals surface area contributed by atoms with Crippen molar-refractivity contribution >= 4 is 89.8 Å². The molecule has 4 heteroatoms. The molecule has 2 aromatic heterocycles. The second kappa shape index (κ2) is 15.4. The molecule has 0 bridgehead atoms. The Kier molecular flexibility index (Phi) is 10.1. The second-order valence-corrected chi connectivity index (χ2v) is 24.3. The highest BCUT2D eigenvalue weighted by Gasteiger charge is 2.43. The number of aromatic nitrogens is 2. The van der Waals surface area contributed by atoms with Gasteiger partial charge in [-0.1, -0.05) is 180 Å². The fourth-order valence-corrected chi connectivity index (χ4v) is 12.8. The van der Waals surface area contributed by atoms with Crippen LogP contribution in [-0.2, 0) is 10.8 Å². The molecule has 9 aromatic rings. The molecule has 11 rings (SSSR count). The van der Waals surface area contributed by atoms with Crippen LogP contribution in [0.4, 0.5) is 0 Å². The number of aryl methyl sites for hydroxylation is 2. The Morgan fingerprint density at radius 1 is 0.382 bits per heavy atom. The van der Waals surface area contributed by atoms with E-state index >= 15 is 0 Å². The van der Waals surface area contributed by atoms with Crippen LogP contribution in [0.5, 0.6) is 0 Å². The predicted molar refractivity (Wildman–Crippen MR) is 301 cm³/mol. The minimum Gasteiger partial charge on any atom is -0.310 e. The van der Waals surface area contributed by atoms with Crippen LogP contribution in [0, 0.1) is 13.8 Å². The Balaban J connectivity index is 1.39. The van der Waals surface area contributed by atoms with Crippen LogP contribution in [0.2, 0.25) is 0 Å². The van der Waals surface area contributed by atoms with E-state index in [1.807, 2.05) is 0 Å². The summed E-state index contributed by atoms with van der Waals surface area (Å²) < 4.78 is 5.40. The molecule has 0 N–H and O–H groups in total. The monoisotopic (exact) mass is 889 g/mol. The average molecular weight is 889 g/mol. The molecule has 0 unspecified atom stereocenters. The number of hydrogen-bond acceptors (Lipinski definition) is 0. The third-order valence-electron chi connectivity index (χ3n) is 16.1. The average Bonchev–Trinajstić information content (AvgIpc) is 3.78. The fraction of sp³-hybridized carbons (Fsp3) is 0.344. The molecule has 7 aromatic carbocycles. The minimum atomic E-state index is -0.0450. The quantitative estimate of drug-likeness (QED) is 0.147. The van der Waals surface area contributed by atoms with Gasteiger partial charge in [0.1, 0.15) is 0 Å². The lowest BCUT2D eigenvalue weighted by molar-refractivity contribution is 0.591. The van der Waals surface area contributed by atoms with Crippen molar-refractivity contribution in [2.24, 2.45) is 0 Å². The van der Waals surface area contributed by atoms with Crippen LogP contribution in [0.3, 0.4) is 0 Å². The summed E-state index contributed by atoms with van der Waals surface area (Å²) in [4.78, 5) is 0. The molecule has 0 spiro atoms. The summed E-state index contributed by atoms with van der Waals surface area (Å²) in [5.74, 6) is 1.43. The van der Waals surface area contributed by atoms with E-state index in [1.165, 1.54) is 132 Å². The van der Waals surface area contributed by atoms with Crippen molar-refractivity contribution in [2.45, 2.75) is 145 Å². The van der Waals surface area contributed by atoms with Crippen LogP contribution in [0.15, 0.2) is 109 Å². The van der Waals surface area contributed by atoms with E-state index in [4.69, 9.17) is 0 Å². The van der Waals surface area contributed by atoms with Gasteiger partial charge >= 0.3 is 0 Å². The highest BCUT2D eigenvalue weighted by Crippen LogP contribution is 2.41. The second-order valence-electron chi connectivity index (χ2n) is 24.3. The molecular weight excluding hydrogens is 818 g/mol. The van der Waals surface area contributed by atoms with Gasteiger partial charge < -0.3 is 9.13 Å². The number of hydrogen-bond donors (Lipinski definition) is 0.